The predicted octanol–water partition coefficient (Wildman–Crippen LogP) is -5.94. The van der Waals surface area contributed by atoms with Gasteiger partial charge in [0.1, 0.15) is 11.8 Å². The molecule has 0 saturated heterocycles. The topological polar surface area (TPSA) is 127 Å². The van der Waals surface area contributed by atoms with Crippen molar-refractivity contribution >= 4 is 16.4 Å². The van der Waals surface area contributed by atoms with E-state index in [1.807, 2.05) is 0 Å². The molecule has 0 bridgehead atoms. The van der Waals surface area contributed by atoms with Crippen molar-refractivity contribution in [2.24, 2.45) is 5.73 Å². The monoisotopic (exact) mass is 309 g/mol. The van der Waals surface area contributed by atoms with Crippen molar-refractivity contribution in [3.8, 4) is 5.75 Å². The fourth-order valence-corrected chi connectivity index (χ4v) is 1.50. The second kappa shape index (κ2) is 9.32. The van der Waals surface area contributed by atoms with Crippen LogP contribution in [0.15, 0.2) is 24.3 Å². The Morgan fingerprint density at radius 2 is 1.79 bits per heavy atom. The molecular weight excluding hydrogens is 296 g/mol. The quantitative estimate of drug-likeness (QED) is 0.365. The zero-order chi connectivity index (χ0) is 13.1. The van der Waals surface area contributed by atoms with Crippen LogP contribution in [0.4, 0.5) is 0 Å². The Hall–Kier alpha value is 0.360. The van der Waals surface area contributed by atoms with E-state index in [1.165, 1.54) is 24.3 Å². The number of aliphatic carboxylic acids is 1. The molecule has 4 N–H and O–H groups in total. The van der Waals surface area contributed by atoms with Gasteiger partial charge in [0.15, 0.2) is 0 Å². The van der Waals surface area contributed by atoms with Crippen LogP contribution in [0.1, 0.15) is 8.42 Å². The van der Waals surface area contributed by atoms with Crippen LogP contribution in [0, 0.1) is 0 Å². The van der Waals surface area contributed by atoms with Crippen LogP contribution < -0.4 is 69.0 Å². The van der Waals surface area contributed by atoms with Gasteiger partial charge in [0.25, 0.3) is 0 Å². The third kappa shape index (κ3) is 9.01. The molecule has 0 unspecified atom stereocenters. The molecule has 98 valence electrons. The normalized spacial score (nSPS) is 11.7. The summed E-state index contributed by atoms with van der Waals surface area (Å²) >= 11 is 0. The van der Waals surface area contributed by atoms with E-state index in [4.69, 9.17) is 15.4 Å². The summed E-state index contributed by atoms with van der Waals surface area (Å²) in [5.41, 5.74) is 5.94. The molecule has 0 spiro atoms. The number of carboxylic acids is 1. The second-order valence-electron chi connectivity index (χ2n) is 3.30. The molecule has 1 aromatic carbocycles. The molecule has 0 aromatic heterocycles. The third-order valence-electron chi connectivity index (χ3n) is 1.90. The SMILES string of the molecule is N[C@@H](Cc1ccc(OS(=O)(=O)O)cc1)C(=O)O.[H-].[H-].[Na+].[Na+]. The van der Waals surface area contributed by atoms with Crippen LogP contribution in [0.3, 0.4) is 0 Å². The van der Waals surface area contributed by atoms with Crippen molar-refractivity contribution in [1.29, 1.82) is 0 Å². The molecule has 0 amide bonds. The van der Waals surface area contributed by atoms with Crippen LogP contribution in [0.25, 0.3) is 0 Å². The second-order valence-corrected chi connectivity index (χ2v) is 4.33. The minimum atomic E-state index is -4.55. The summed E-state index contributed by atoms with van der Waals surface area (Å²) in [4.78, 5) is 10.5. The number of carbonyl (C=O) groups is 1. The Kier molecular flexibility index (Phi) is 10.6. The van der Waals surface area contributed by atoms with Crippen LogP contribution in [0.5, 0.6) is 5.75 Å². The smallest absolute Gasteiger partial charge is 1.00 e. The van der Waals surface area contributed by atoms with Crippen molar-refractivity contribution in [1.82, 2.24) is 0 Å². The van der Waals surface area contributed by atoms with Crippen molar-refractivity contribution in [3.63, 3.8) is 0 Å². The molecule has 0 aliphatic carbocycles. The van der Waals surface area contributed by atoms with E-state index in [-0.39, 0.29) is 74.1 Å². The Morgan fingerprint density at radius 1 is 1.32 bits per heavy atom. The molecule has 1 atom stereocenters. The zero-order valence-electron chi connectivity index (χ0n) is 12.6. The maximum atomic E-state index is 10.5. The van der Waals surface area contributed by atoms with Crippen LogP contribution in [0.2, 0.25) is 0 Å². The number of carboxylic acid groups (broad SMARTS) is 1. The molecule has 19 heavy (non-hydrogen) atoms. The molecule has 0 heterocycles. The predicted molar refractivity (Wildman–Crippen MR) is 60.2 cm³/mol. The maximum absolute atomic E-state index is 10.5. The number of hydrogen-bond donors (Lipinski definition) is 3. The van der Waals surface area contributed by atoms with Crippen LogP contribution in [-0.4, -0.2) is 30.1 Å². The van der Waals surface area contributed by atoms with Gasteiger partial charge in [-0.3, -0.25) is 9.35 Å². The van der Waals surface area contributed by atoms with Gasteiger partial charge in [-0.1, -0.05) is 12.1 Å². The molecule has 10 heteroatoms. The molecular formula is C9H13NNa2O6S. The molecule has 7 nitrogen and oxygen atoms in total. The average Bonchev–Trinajstić information content (AvgIpc) is 2.18. The molecule has 0 aliphatic rings. The summed E-state index contributed by atoms with van der Waals surface area (Å²) in [5.74, 6) is -1.19. The number of nitrogens with two attached hydrogens (primary N) is 1. The average molecular weight is 309 g/mol. The van der Waals surface area contributed by atoms with Gasteiger partial charge in [0, 0.05) is 0 Å². The Morgan fingerprint density at radius 3 is 2.16 bits per heavy atom. The van der Waals surface area contributed by atoms with Crippen molar-refractivity contribution in [2.45, 2.75) is 12.5 Å². The molecule has 0 aliphatic heterocycles. The zero-order valence-corrected chi connectivity index (χ0v) is 15.4. The molecule has 0 radical (unpaired) electrons. The summed E-state index contributed by atoms with van der Waals surface area (Å²) in [6.45, 7) is 0. The molecule has 0 fully saturated rings. The first-order chi connectivity index (χ1) is 7.78. The molecule has 0 saturated carbocycles. The first-order valence-corrected chi connectivity index (χ1v) is 5.88. The van der Waals surface area contributed by atoms with Gasteiger partial charge in [-0.05, 0) is 24.1 Å². The summed E-state index contributed by atoms with van der Waals surface area (Å²) < 4.78 is 33.4. The van der Waals surface area contributed by atoms with Gasteiger partial charge in [-0.25, -0.2) is 0 Å². The third-order valence-corrected chi connectivity index (χ3v) is 2.30. The van der Waals surface area contributed by atoms with E-state index >= 15 is 0 Å². The Labute approximate surface area is 158 Å². The minimum Gasteiger partial charge on any atom is -1.00 e. The number of benzene rings is 1. The van der Waals surface area contributed by atoms with Gasteiger partial charge in [0.05, 0.1) is 0 Å². The van der Waals surface area contributed by atoms with Crippen LogP contribution in [-0.2, 0) is 21.6 Å². The van der Waals surface area contributed by atoms with Gasteiger partial charge in [-0.15, -0.1) is 0 Å². The van der Waals surface area contributed by atoms with E-state index in [2.05, 4.69) is 4.18 Å². The van der Waals surface area contributed by atoms with Crippen molar-refractivity contribution in [2.75, 3.05) is 0 Å². The first-order valence-electron chi connectivity index (χ1n) is 4.52. The van der Waals surface area contributed by atoms with Crippen LogP contribution >= 0.6 is 0 Å². The van der Waals surface area contributed by atoms with E-state index < -0.39 is 22.4 Å². The Bertz CT molecular complexity index is 513. The van der Waals surface area contributed by atoms with E-state index in [1.54, 1.807) is 0 Å². The fourth-order valence-electron chi connectivity index (χ4n) is 1.14. The van der Waals surface area contributed by atoms with E-state index in [0.29, 0.717) is 5.56 Å². The largest absolute Gasteiger partial charge is 1.00 e. The number of rotatable bonds is 5. The number of hydrogen-bond acceptors (Lipinski definition) is 5. The molecule has 1 aromatic rings. The van der Waals surface area contributed by atoms with E-state index in [9.17, 15) is 13.2 Å². The standard InChI is InChI=1S/C9H11NO6S.2Na.2H/c10-8(9(11)12)5-6-1-3-7(4-2-6)16-17(13,14)15;;;;/h1-4,8H,5,10H2,(H,11,12)(H,13,14,15);;;;/q;2*+1;2*-1/t8-;;;;/m0..../s1. The maximum Gasteiger partial charge on any atom is 1.00 e. The summed E-state index contributed by atoms with van der Waals surface area (Å²) in [6, 6.07) is 4.48. The van der Waals surface area contributed by atoms with Gasteiger partial charge in [-0.2, -0.15) is 8.42 Å². The van der Waals surface area contributed by atoms with E-state index in [0.717, 1.165) is 0 Å². The van der Waals surface area contributed by atoms with Crippen molar-refractivity contribution < 1.29 is 89.0 Å². The molecule has 1 rings (SSSR count). The van der Waals surface area contributed by atoms with Gasteiger partial charge in [0.2, 0.25) is 0 Å². The van der Waals surface area contributed by atoms with Gasteiger partial charge < -0.3 is 17.9 Å². The summed E-state index contributed by atoms with van der Waals surface area (Å²) in [7, 11) is -4.55. The summed E-state index contributed by atoms with van der Waals surface area (Å²) in [6.07, 6.45) is 0.113. The van der Waals surface area contributed by atoms with Gasteiger partial charge >= 0.3 is 75.5 Å². The summed E-state index contributed by atoms with van der Waals surface area (Å²) in [5, 5.41) is 8.59. The minimum absolute atomic E-state index is 0. The fraction of sp³-hybridized carbons (Fsp3) is 0.222. The Balaban J connectivity index is -0.000000361. The first kappa shape index (κ1) is 21.7. The van der Waals surface area contributed by atoms with Crippen molar-refractivity contribution in [3.05, 3.63) is 29.8 Å².